The Morgan fingerprint density at radius 1 is 1.38 bits per heavy atom. The smallest absolute Gasteiger partial charge is 0.302 e. The van der Waals surface area contributed by atoms with Gasteiger partial charge in [-0.3, -0.25) is 4.79 Å². The van der Waals surface area contributed by atoms with Gasteiger partial charge in [-0.1, -0.05) is 26.2 Å². The van der Waals surface area contributed by atoms with Crippen molar-refractivity contribution in [3.63, 3.8) is 0 Å². The van der Waals surface area contributed by atoms with Crippen LogP contribution in [0.2, 0.25) is 0 Å². The molecule has 3 heteroatoms. The van der Waals surface area contributed by atoms with Crippen LogP contribution in [0.25, 0.3) is 0 Å². The summed E-state index contributed by atoms with van der Waals surface area (Å²) in [5, 5.41) is 8.85. The first-order valence-electron chi connectivity index (χ1n) is 4.98. The maximum Gasteiger partial charge on any atom is 0.302 e. The lowest BCUT2D eigenvalue weighted by molar-refractivity contribution is -0.148. The number of aliphatic hydroxyl groups excluding tert-OH is 1. The summed E-state index contributed by atoms with van der Waals surface area (Å²) in [6.07, 6.45) is 5.04. The lowest BCUT2D eigenvalue weighted by Gasteiger charge is -2.13. The first-order valence-corrected chi connectivity index (χ1v) is 4.98. The van der Waals surface area contributed by atoms with Gasteiger partial charge in [0.15, 0.2) is 0 Å². The molecule has 0 aromatic rings. The molecule has 0 fully saturated rings. The van der Waals surface area contributed by atoms with E-state index in [2.05, 4.69) is 6.92 Å². The summed E-state index contributed by atoms with van der Waals surface area (Å²) < 4.78 is 4.89. The van der Waals surface area contributed by atoms with E-state index in [0.29, 0.717) is 0 Å². The van der Waals surface area contributed by atoms with Crippen molar-refractivity contribution in [3.8, 4) is 0 Å². The van der Waals surface area contributed by atoms with E-state index in [1.165, 1.54) is 19.8 Å². The number of esters is 1. The largest absolute Gasteiger partial charge is 0.460 e. The van der Waals surface area contributed by atoms with E-state index < -0.39 is 0 Å². The van der Waals surface area contributed by atoms with Gasteiger partial charge in [-0.25, -0.2) is 0 Å². The van der Waals surface area contributed by atoms with Crippen LogP contribution in [-0.2, 0) is 9.53 Å². The van der Waals surface area contributed by atoms with E-state index in [1.807, 2.05) is 0 Å². The summed E-state index contributed by atoms with van der Waals surface area (Å²) in [6, 6.07) is 0. The Balaban J connectivity index is 3.42. The monoisotopic (exact) mass is 188 g/mol. The van der Waals surface area contributed by atoms with Gasteiger partial charge in [0.25, 0.3) is 0 Å². The number of aliphatic hydroxyl groups is 1. The zero-order chi connectivity index (χ0) is 10.1. The van der Waals surface area contributed by atoms with E-state index >= 15 is 0 Å². The molecule has 0 radical (unpaired) electrons. The predicted octanol–water partition coefficient (Wildman–Crippen LogP) is 1.88. The molecule has 0 aromatic heterocycles. The van der Waals surface area contributed by atoms with Gasteiger partial charge >= 0.3 is 5.97 Å². The molecule has 1 atom stereocenters. The second-order valence-corrected chi connectivity index (χ2v) is 3.26. The molecule has 1 N–H and O–H groups in total. The average Bonchev–Trinajstić information content (AvgIpc) is 2.09. The van der Waals surface area contributed by atoms with Crippen molar-refractivity contribution in [2.24, 2.45) is 0 Å². The van der Waals surface area contributed by atoms with Crippen LogP contribution in [0.5, 0.6) is 0 Å². The van der Waals surface area contributed by atoms with E-state index in [4.69, 9.17) is 9.84 Å². The molecule has 0 spiro atoms. The van der Waals surface area contributed by atoms with Crippen molar-refractivity contribution in [1.82, 2.24) is 0 Å². The molecule has 3 nitrogen and oxygen atoms in total. The fourth-order valence-electron chi connectivity index (χ4n) is 1.22. The summed E-state index contributed by atoms with van der Waals surface area (Å²) in [4.78, 5) is 10.6. The van der Waals surface area contributed by atoms with Gasteiger partial charge in [0, 0.05) is 6.92 Å². The molecule has 0 aromatic carbocycles. The number of rotatable bonds is 7. The topological polar surface area (TPSA) is 46.5 Å². The summed E-state index contributed by atoms with van der Waals surface area (Å²) in [5.41, 5.74) is 0. The summed E-state index contributed by atoms with van der Waals surface area (Å²) in [7, 11) is 0. The number of hydrogen-bond acceptors (Lipinski definition) is 3. The van der Waals surface area contributed by atoms with Gasteiger partial charge in [0.05, 0.1) is 6.61 Å². The number of unbranched alkanes of at least 4 members (excludes halogenated alkanes) is 3. The zero-order valence-electron chi connectivity index (χ0n) is 8.58. The molecule has 0 amide bonds. The Bertz CT molecular complexity index is 134. The third-order valence-electron chi connectivity index (χ3n) is 1.92. The van der Waals surface area contributed by atoms with Crippen LogP contribution in [-0.4, -0.2) is 23.8 Å². The van der Waals surface area contributed by atoms with Crippen molar-refractivity contribution >= 4 is 5.97 Å². The lowest BCUT2D eigenvalue weighted by atomic mass is 10.1. The molecule has 0 saturated carbocycles. The third-order valence-corrected chi connectivity index (χ3v) is 1.92. The first-order chi connectivity index (χ1) is 6.20. The first kappa shape index (κ1) is 12.4. The summed E-state index contributed by atoms with van der Waals surface area (Å²) >= 11 is 0. The molecule has 0 unspecified atom stereocenters. The molecule has 78 valence electrons. The van der Waals surface area contributed by atoms with E-state index in [0.717, 1.165) is 19.3 Å². The van der Waals surface area contributed by atoms with Gasteiger partial charge in [-0.2, -0.15) is 0 Å². The SMILES string of the molecule is CCCCCC[C@@H](CO)OC(C)=O. The van der Waals surface area contributed by atoms with Crippen molar-refractivity contribution in [2.45, 2.75) is 52.1 Å². The Morgan fingerprint density at radius 2 is 2.08 bits per heavy atom. The number of ether oxygens (including phenoxy) is 1. The van der Waals surface area contributed by atoms with Crippen molar-refractivity contribution in [3.05, 3.63) is 0 Å². The van der Waals surface area contributed by atoms with Crippen LogP contribution in [0.1, 0.15) is 46.0 Å². The maximum atomic E-state index is 10.6. The molecular weight excluding hydrogens is 168 g/mol. The Kier molecular flexibility index (Phi) is 7.69. The van der Waals surface area contributed by atoms with Crippen LogP contribution in [0.4, 0.5) is 0 Å². The maximum absolute atomic E-state index is 10.6. The molecular formula is C10H20O3. The average molecular weight is 188 g/mol. The van der Waals surface area contributed by atoms with Gasteiger partial charge in [-0.15, -0.1) is 0 Å². The highest BCUT2D eigenvalue weighted by atomic mass is 16.5. The Morgan fingerprint density at radius 3 is 2.54 bits per heavy atom. The Labute approximate surface area is 80.1 Å². The second-order valence-electron chi connectivity index (χ2n) is 3.26. The van der Waals surface area contributed by atoms with Crippen LogP contribution in [0.15, 0.2) is 0 Å². The highest BCUT2D eigenvalue weighted by Gasteiger charge is 2.09. The normalized spacial score (nSPS) is 12.5. The third kappa shape index (κ3) is 7.78. The van der Waals surface area contributed by atoms with Gasteiger partial charge < -0.3 is 9.84 Å². The van der Waals surface area contributed by atoms with Gasteiger partial charge in [0.2, 0.25) is 0 Å². The molecule has 13 heavy (non-hydrogen) atoms. The molecule has 0 aliphatic carbocycles. The van der Waals surface area contributed by atoms with Crippen molar-refractivity contribution in [2.75, 3.05) is 6.61 Å². The van der Waals surface area contributed by atoms with E-state index in [-0.39, 0.29) is 18.7 Å². The molecule has 0 saturated heterocycles. The summed E-state index contributed by atoms with van der Waals surface area (Å²) in [6.45, 7) is 3.45. The van der Waals surface area contributed by atoms with Crippen molar-refractivity contribution < 1.29 is 14.6 Å². The minimum atomic E-state index is -0.311. The fraction of sp³-hybridized carbons (Fsp3) is 0.900. The number of hydrogen-bond donors (Lipinski definition) is 1. The Hall–Kier alpha value is -0.570. The van der Waals surface area contributed by atoms with Crippen LogP contribution < -0.4 is 0 Å². The van der Waals surface area contributed by atoms with Crippen LogP contribution >= 0.6 is 0 Å². The van der Waals surface area contributed by atoms with Crippen LogP contribution in [0, 0.1) is 0 Å². The van der Waals surface area contributed by atoms with E-state index in [1.54, 1.807) is 0 Å². The quantitative estimate of drug-likeness (QED) is 0.490. The van der Waals surface area contributed by atoms with Gasteiger partial charge in [-0.05, 0) is 12.8 Å². The van der Waals surface area contributed by atoms with E-state index in [9.17, 15) is 4.79 Å². The molecule has 0 heterocycles. The summed E-state index contributed by atoms with van der Waals surface area (Å²) in [5.74, 6) is -0.311. The van der Waals surface area contributed by atoms with Crippen molar-refractivity contribution in [1.29, 1.82) is 0 Å². The number of carbonyl (C=O) groups excluding carboxylic acids is 1. The fourth-order valence-corrected chi connectivity index (χ4v) is 1.22. The minimum Gasteiger partial charge on any atom is -0.460 e. The highest BCUT2D eigenvalue weighted by molar-refractivity contribution is 5.66. The zero-order valence-corrected chi connectivity index (χ0v) is 8.58. The molecule has 0 aliphatic rings. The molecule has 0 aliphatic heterocycles. The second kappa shape index (κ2) is 8.05. The highest BCUT2D eigenvalue weighted by Crippen LogP contribution is 2.07. The molecule has 0 rings (SSSR count). The lowest BCUT2D eigenvalue weighted by Crippen LogP contribution is -2.20. The van der Waals surface area contributed by atoms with Gasteiger partial charge in [0.1, 0.15) is 6.10 Å². The predicted molar refractivity (Wildman–Crippen MR) is 51.4 cm³/mol. The van der Waals surface area contributed by atoms with Crippen LogP contribution in [0.3, 0.4) is 0 Å². The minimum absolute atomic E-state index is 0.0638. The molecule has 0 bridgehead atoms. The number of carbonyl (C=O) groups is 1. The standard InChI is InChI=1S/C10H20O3/c1-3-4-5-6-7-10(8-11)13-9(2)12/h10-11H,3-8H2,1-2H3/t10-/m0/s1.